The molecule has 0 aliphatic rings. The molecule has 0 fully saturated rings. The summed E-state index contributed by atoms with van der Waals surface area (Å²) in [6.07, 6.45) is -1.47. The van der Waals surface area contributed by atoms with E-state index in [0.29, 0.717) is 5.56 Å². The number of amides is 4. The van der Waals surface area contributed by atoms with E-state index in [1.54, 1.807) is 0 Å². The van der Waals surface area contributed by atoms with Gasteiger partial charge in [-0.3, -0.25) is 29.0 Å². The molecule has 41 heavy (non-hydrogen) atoms. The first kappa shape index (κ1) is 34.1. The molecule has 226 valence electrons. The molecule has 1 aromatic rings. The van der Waals surface area contributed by atoms with Crippen LogP contribution in [0.4, 0.5) is 0 Å². The van der Waals surface area contributed by atoms with Gasteiger partial charge in [0, 0.05) is 13.0 Å². The normalized spacial score (nSPS) is 13.5. The van der Waals surface area contributed by atoms with Crippen LogP contribution in [0.25, 0.3) is 0 Å². The molecule has 0 bridgehead atoms. The Morgan fingerprint density at radius 2 is 1.37 bits per heavy atom. The molecule has 14 N–H and O–H groups in total. The molecular weight excluding hydrogens is 544 g/mol. The van der Waals surface area contributed by atoms with Crippen molar-refractivity contribution in [3.63, 3.8) is 0 Å². The minimum absolute atomic E-state index is 0.00407. The molecule has 0 aromatic heterocycles. The summed E-state index contributed by atoms with van der Waals surface area (Å²) in [6, 6.07) is 0.0920. The monoisotopic (exact) mass is 580 g/mol. The number of aromatic hydroxyl groups is 1. The number of aliphatic imine (C=N–C) groups is 1. The number of rotatable bonds is 18. The number of phenols is 1. The first-order chi connectivity index (χ1) is 19.2. The number of nitrogens with zero attached hydrogens (tertiary/aromatic N) is 1. The van der Waals surface area contributed by atoms with Gasteiger partial charge >= 0.3 is 11.9 Å². The van der Waals surface area contributed by atoms with Crippen LogP contribution in [0.3, 0.4) is 0 Å². The van der Waals surface area contributed by atoms with Crippen molar-refractivity contribution < 1.29 is 44.1 Å². The third-order valence-electron chi connectivity index (χ3n) is 5.61. The zero-order chi connectivity index (χ0) is 31.1. The summed E-state index contributed by atoms with van der Waals surface area (Å²) in [5.74, 6) is -6.76. The van der Waals surface area contributed by atoms with Crippen LogP contribution in [-0.2, 0) is 35.2 Å². The minimum Gasteiger partial charge on any atom is -0.508 e. The first-order valence-electron chi connectivity index (χ1n) is 12.4. The molecule has 0 radical (unpaired) electrons. The van der Waals surface area contributed by atoms with Crippen LogP contribution in [0.1, 0.15) is 37.7 Å². The van der Waals surface area contributed by atoms with Crippen molar-refractivity contribution in [2.75, 3.05) is 6.54 Å². The number of guanidine groups is 1. The van der Waals surface area contributed by atoms with Crippen LogP contribution in [-0.4, -0.2) is 87.6 Å². The summed E-state index contributed by atoms with van der Waals surface area (Å²) in [5.41, 5.74) is 22.1. The van der Waals surface area contributed by atoms with Crippen molar-refractivity contribution in [1.82, 2.24) is 16.0 Å². The van der Waals surface area contributed by atoms with E-state index >= 15 is 0 Å². The van der Waals surface area contributed by atoms with E-state index < -0.39 is 66.2 Å². The Balaban J connectivity index is 3.04. The lowest BCUT2D eigenvalue weighted by Crippen LogP contribution is -2.57. The second kappa shape index (κ2) is 16.9. The second-order valence-corrected chi connectivity index (χ2v) is 9.05. The number of primary amides is 1. The highest BCUT2D eigenvalue weighted by atomic mass is 16.4. The molecule has 17 heteroatoms. The molecule has 4 atom stereocenters. The minimum atomic E-state index is -1.65. The number of carboxylic acid groups (broad SMARTS) is 2. The first-order valence-corrected chi connectivity index (χ1v) is 12.4. The summed E-state index contributed by atoms with van der Waals surface area (Å²) >= 11 is 0. The van der Waals surface area contributed by atoms with E-state index in [-0.39, 0.29) is 50.4 Å². The highest BCUT2D eigenvalue weighted by Gasteiger charge is 2.31. The van der Waals surface area contributed by atoms with Gasteiger partial charge in [0.2, 0.25) is 23.6 Å². The second-order valence-electron chi connectivity index (χ2n) is 9.05. The summed E-state index contributed by atoms with van der Waals surface area (Å²) < 4.78 is 0. The van der Waals surface area contributed by atoms with Crippen LogP contribution in [0.15, 0.2) is 29.3 Å². The van der Waals surface area contributed by atoms with Crippen LogP contribution >= 0.6 is 0 Å². The Hall–Kier alpha value is -4.93. The van der Waals surface area contributed by atoms with Crippen molar-refractivity contribution in [1.29, 1.82) is 0 Å². The Morgan fingerprint density at radius 3 is 1.90 bits per heavy atom. The van der Waals surface area contributed by atoms with Crippen molar-refractivity contribution >= 4 is 41.5 Å². The highest BCUT2D eigenvalue weighted by Crippen LogP contribution is 2.11. The molecule has 0 saturated heterocycles. The van der Waals surface area contributed by atoms with Crippen LogP contribution < -0.4 is 38.9 Å². The lowest BCUT2D eigenvalue weighted by atomic mass is 10.0. The average Bonchev–Trinajstić information content (AvgIpc) is 2.88. The molecule has 1 rings (SSSR count). The third-order valence-corrected chi connectivity index (χ3v) is 5.61. The van der Waals surface area contributed by atoms with E-state index in [0.717, 1.165) is 0 Å². The highest BCUT2D eigenvalue weighted by molar-refractivity contribution is 5.95. The molecule has 0 aliphatic carbocycles. The van der Waals surface area contributed by atoms with Crippen LogP contribution in [0.2, 0.25) is 0 Å². The number of hydrogen-bond donors (Lipinski definition) is 10. The zero-order valence-corrected chi connectivity index (χ0v) is 22.1. The molecule has 0 aliphatic heterocycles. The standard InChI is InChI=1S/C24H36N8O9/c25-14(10-12-3-5-13(33)6-4-12)20(37)32-17(11-19(35)36)22(39)30-15(2-1-9-29-24(27)28)21(38)31-16(23(40)41)7-8-18(26)34/h3-6,14-17,33H,1-2,7-11,25H2,(H2,26,34)(H,30,39)(H,31,38)(H,32,37)(H,35,36)(H,40,41)(H4,27,28,29). The van der Waals surface area contributed by atoms with E-state index in [4.69, 9.17) is 22.9 Å². The number of carbonyl (C=O) groups is 6. The van der Waals surface area contributed by atoms with E-state index in [2.05, 4.69) is 20.9 Å². The van der Waals surface area contributed by atoms with E-state index in [1.807, 2.05) is 0 Å². The van der Waals surface area contributed by atoms with Gasteiger partial charge in [0.1, 0.15) is 23.9 Å². The van der Waals surface area contributed by atoms with Crippen molar-refractivity contribution in [3.05, 3.63) is 29.8 Å². The third kappa shape index (κ3) is 13.6. The number of hydrogen-bond acceptors (Lipinski definition) is 9. The molecule has 0 heterocycles. The SMILES string of the molecule is NC(=O)CCC(NC(=O)C(CCCN=C(N)N)NC(=O)C(CC(=O)O)NC(=O)C(N)Cc1ccc(O)cc1)C(=O)O. The Labute approximate surface area is 234 Å². The van der Waals surface area contributed by atoms with Crippen molar-refractivity contribution in [2.24, 2.45) is 27.9 Å². The predicted molar refractivity (Wildman–Crippen MR) is 144 cm³/mol. The number of carboxylic acids is 2. The van der Waals surface area contributed by atoms with Gasteiger partial charge < -0.3 is 54.2 Å². The fourth-order valence-corrected chi connectivity index (χ4v) is 3.50. The molecule has 17 nitrogen and oxygen atoms in total. The number of phenolic OH excluding ortho intramolecular Hbond substituents is 1. The van der Waals surface area contributed by atoms with Gasteiger partial charge in [-0.05, 0) is 43.4 Å². The van der Waals surface area contributed by atoms with Gasteiger partial charge in [0.25, 0.3) is 0 Å². The quantitative estimate of drug-likeness (QED) is 0.0461. The Kier molecular flexibility index (Phi) is 14.1. The number of aliphatic carboxylic acids is 2. The van der Waals surface area contributed by atoms with Gasteiger partial charge in [-0.1, -0.05) is 12.1 Å². The summed E-state index contributed by atoms with van der Waals surface area (Å²) in [7, 11) is 0. The molecule has 1 aromatic carbocycles. The summed E-state index contributed by atoms with van der Waals surface area (Å²) in [6.45, 7) is 0.0490. The van der Waals surface area contributed by atoms with E-state index in [9.17, 15) is 44.1 Å². The van der Waals surface area contributed by atoms with E-state index in [1.165, 1.54) is 24.3 Å². The molecular formula is C24H36N8O9. The van der Waals surface area contributed by atoms with Gasteiger partial charge in [0.15, 0.2) is 5.96 Å². The molecule has 0 spiro atoms. The smallest absolute Gasteiger partial charge is 0.326 e. The van der Waals surface area contributed by atoms with Gasteiger partial charge in [-0.2, -0.15) is 0 Å². The number of nitrogens with two attached hydrogens (primary N) is 4. The number of benzene rings is 1. The van der Waals surface area contributed by atoms with Crippen LogP contribution in [0.5, 0.6) is 5.75 Å². The van der Waals surface area contributed by atoms with Crippen molar-refractivity contribution in [3.8, 4) is 5.75 Å². The maximum Gasteiger partial charge on any atom is 0.326 e. The average molecular weight is 581 g/mol. The number of nitrogens with one attached hydrogen (secondary N) is 3. The predicted octanol–water partition coefficient (Wildman–Crippen LogP) is -3.41. The maximum atomic E-state index is 13.0. The molecule has 4 amide bonds. The largest absolute Gasteiger partial charge is 0.508 e. The molecule has 0 saturated carbocycles. The lowest BCUT2D eigenvalue weighted by Gasteiger charge is -2.24. The lowest BCUT2D eigenvalue weighted by molar-refractivity contribution is -0.143. The Morgan fingerprint density at radius 1 is 0.805 bits per heavy atom. The fourth-order valence-electron chi connectivity index (χ4n) is 3.50. The van der Waals surface area contributed by atoms with Crippen molar-refractivity contribution in [2.45, 2.75) is 62.7 Å². The van der Waals surface area contributed by atoms with Crippen LogP contribution in [0, 0.1) is 0 Å². The maximum absolute atomic E-state index is 13.0. The van der Waals surface area contributed by atoms with Gasteiger partial charge in [-0.15, -0.1) is 0 Å². The topological polar surface area (TPSA) is 316 Å². The fraction of sp³-hybridized carbons (Fsp3) is 0.458. The molecule has 4 unspecified atom stereocenters. The summed E-state index contributed by atoms with van der Waals surface area (Å²) in [5, 5.41) is 34.9. The Bertz CT molecular complexity index is 1120. The van der Waals surface area contributed by atoms with Gasteiger partial charge in [-0.25, -0.2) is 4.79 Å². The zero-order valence-electron chi connectivity index (χ0n) is 22.1. The summed E-state index contributed by atoms with van der Waals surface area (Å²) in [4.78, 5) is 76.5. The van der Waals surface area contributed by atoms with Gasteiger partial charge in [0.05, 0.1) is 12.5 Å². The number of carbonyl (C=O) groups excluding carboxylic acids is 4.